The van der Waals surface area contributed by atoms with Crippen LogP contribution in [0.3, 0.4) is 0 Å². The maximum atomic E-state index is 5.44. The Labute approximate surface area is 276 Å². The largest absolute Gasteiger partial charge is 0.251 e. The highest BCUT2D eigenvalue weighted by atomic mass is 31.0. The van der Waals surface area contributed by atoms with Gasteiger partial charge in [0.15, 0.2) is 0 Å². The SMILES string of the molecule is PCC1(c2ccc(-c3ccccc3)cc2C(P)(c2ccc3ccccc3n2)c2ccc3ccccc3n2)C2CC3CC(C2)CC1C3. The fourth-order valence-corrected chi connectivity index (χ4v) is 11.4. The summed E-state index contributed by atoms with van der Waals surface area (Å²) in [6.07, 6.45) is 8.02. The van der Waals surface area contributed by atoms with Crippen LogP contribution in [0.2, 0.25) is 0 Å². The van der Waals surface area contributed by atoms with E-state index in [1.54, 1.807) is 0 Å². The van der Waals surface area contributed by atoms with Gasteiger partial charge in [0, 0.05) is 16.2 Å². The second-order valence-corrected chi connectivity index (χ2v) is 15.5. The Morgan fingerprint density at radius 2 is 1.13 bits per heavy atom. The third-order valence-electron chi connectivity index (χ3n) is 12.0. The van der Waals surface area contributed by atoms with Gasteiger partial charge in [-0.25, -0.2) is 0 Å². The average Bonchev–Trinajstić information content (AvgIpc) is 3.11. The number of pyridine rings is 2. The van der Waals surface area contributed by atoms with Gasteiger partial charge in [-0.15, -0.1) is 18.5 Å². The monoisotopic (exact) mass is 634 g/mol. The van der Waals surface area contributed by atoms with Crippen LogP contribution in [0.4, 0.5) is 0 Å². The number of nitrogens with zero attached hydrogens (tertiary/aromatic N) is 2. The van der Waals surface area contributed by atoms with Crippen LogP contribution in [-0.2, 0) is 10.6 Å². The number of para-hydroxylation sites is 2. The maximum Gasteiger partial charge on any atom is 0.0936 e. The third kappa shape index (κ3) is 4.37. The third-order valence-corrected chi connectivity index (χ3v) is 13.6. The van der Waals surface area contributed by atoms with Gasteiger partial charge in [0.05, 0.1) is 27.6 Å². The number of aromatic nitrogens is 2. The van der Waals surface area contributed by atoms with Crippen molar-refractivity contribution in [1.82, 2.24) is 9.97 Å². The van der Waals surface area contributed by atoms with Crippen LogP contribution in [0.15, 0.2) is 121 Å². The van der Waals surface area contributed by atoms with E-state index in [4.69, 9.17) is 9.97 Å². The van der Waals surface area contributed by atoms with Crippen molar-refractivity contribution in [1.29, 1.82) is 0 Å². The molecule has 2 heterocycles. The molecular formula is C42H40N2P2. The minimum Gasteiger partial charge on any atom is -0.251 e. The lowest BCUT2D eigenvalue weighted by Crippen LogP contribution is -2.57. The van der Waals surface area contributed by atoms with Crippen molar-refractivity contribution in [2.24, 2.45) is 23.7 Å². The van der Waals surface area contributed by atoms with Crippen molar-refractivity contribution in [3.8, 4) is 11.1 Å². The molecule has 0 N–H and O–H groups in total. The van der Waals surface area contributed by atoms with Crippen LogP contribution in [0.1, 0.15) is 54.6 Å². The Balaban J connectivity index is 1.36. The lowest BCUT2D eigenvalue weighted by molar-refractivity contribution is -0.0504. The first-order chi connectivity index (χ1) is 22.6. The molecule has 4 aliphatic carbocycles. The molecule has 2 nitrogen and oxygen atoms in total. The zero-order valence-corrected chi connectivity index (χ0v) is 28.5. The fourth-order valence-electron chi connectivity index (χ4n) is 9.97. The summed E-state index contributed by atoms with van der Waals surface area (Å²) in [7, 11) is 6.59. The summed E-state index contributed by atoms with van der Waals surface area (Å²) >= 11 is 0. The minimum absolute atomic E-state index is 0.123. The lowest BCUT2D eigenvalue weighted by atomic mass is 9.43. The van der Waals surface area contributed by atoms with Crippen molar-refractivity contribution >= 4 is 40.3 Å². The number of hydrogen-bond donors (Lipinski definition) is 0. The number of rotatable bonds is 6. The maximum absolute atomic E-state index is 5.44. The summed E-state index contributed by atoms with van der Waals surface area (Å²) < 4.78 is 0. The average molecular weight is 635 g/mol. The van der Waals surface area contributed by atoms with E-state index in [0.29, 0.717) is 11.8 Å². The first-order valence-electron chi connectivity index (χ1n) is 17.0. The molecule has 46 heavy (non-hydrogen) atoms. The molecule has 2 unspecified atom stereocenters. The molecule has 0 saturated heterocycles. The summed E-state index contributed by atoms with van der Waals surface area (Å²) in [4.78, 5) is 10.9. The zero-order valence-electron chi connectivity index (χ0n) is 26.1. The summed E-state index contributed by atoms with van der Waals surface area (Å²) in [5.41, 5.74) is 9.53. The minimum atomic E-state index is -0.657. The molecular weight excluding hydrogens is 594 g/mol. The number of benzene rings is 4. The fraction of sp³-hybridized carbons (Fsp3) is 0.286. The van der Waals surface area contributed by atoms with Crippen LogP contribution in [-0.4, -0.2) is 16.1 Å². The van der Waals surface area contributed by atoms with E-state index >= 15 is 0 Å². The zero-order chi connectivity index (χ0) is 30.9. The molecule has 2 aromatic heterocycles. The van der Waals surface area contributed by atoms with E-state index in [2.05, 4.69) is 140 Å². The van der Waals surface area contributed by atoms with E-state index in [0.717, 1.165) is 51.2 Å². The quantitative estimate of drug-likeness (QED) is 0.170. The molecule has 4 fully saturated rings. The Morgan fingerprint density at radius 3 is 1.70 bits per heavy atom. The number of hydrogen-bond acceptors (Lipinski definition) is 2. The van der Waals surface area contributed by atoms with Crippen LogP contribution in [0.25, 0.3) is 32.9 Å². The molecule has 4 bridgehead atoms. The van der Waals surface area contributed by atoms with Crippen molar-refractivity contribution < 1.29 is 0 Å². The van der Waals surface area contributed by atoms with Crippen LogP contribution in [0, 0.1) is 23.7 Å². The van der Waals surface area contributed by atoms with Gasteiger partial charge in [-0.05, 0) is 115 Å². The van der Waals surface area contributed by atoms with Crippen molar-refractivity contribution in [3.63, 3.8) is 0 Å². The molecule has 0 amide bonds. The van der Waals surface area contributed by atoms with E-state index in [9.17, 15) is 0 Å². The van der Waals surface area contributed by atoms with Gasteiger partial charge in [-0.2, -0.15) is 0 Å². The highest BCUT2D eigenvalue weighted by Crippen LogP contribution is 2.65. The van der Waals surface area contributed by atoms with Gasteiger partial charge in [0.1, 0.15) is 0 Å². The second kappa shape index (κ2) is 11.1. The van der Waals surface area contributed by atoms with Crippen LogP contribution in [0.5, 0.6) is 0 Å². The molecule has 10 rings (SSSR count). The summed E-state index contributed by atoms with van der Waals surface area (Å²) in [6.45, 7) is 0. The molecule has 4 heteroatoms. The molecule has 228 valence electrons. The van der Waals surface area contributed by atoms with Gasteiger partial charge in [-0.1, -0.05) is 91.0 Å². The summed E-state index contributed by atoms with van der Waals surface area (Å²) in [6, 6.07) is 44.2. The Kier molecular flexibility index (Phi) is 6.93. The Morgan fingerprint density at radius 1 is 0.587 bits per heavy atom. The smallest absolute Gasteiger partial charge is 0.0936 e. The lowest BCUT2D eigenvalue weighted by Gasteiger charge is -2.62. The topological polar surface area (TPSA) is 25.8 Å². The summed E-state index contributed by atoms with van der Waals surface area (Å²) in [5.74, 6) is 3.24. The van der Waals surface area contributed by atoms with Crippen LogP contribution >= 0.6 is 18.5 Å². The van der Waals surface area contributed by atoms with E-state index in [-0.39, 0.29) is 5.41 Å². The predicted molar refractivity (Wildman–Crippen MR) is 198 cm³/mol. The van der Waals surface area contributed by atoms with Gasteiger partial charge in [0.25, 0.3) is 0 Å². The van der Waals surface area contributed by atoms with E-state index in [1.165, 1.54) is 54.4 Å². The predicted octanol–water partition coefficient (Wildman–Crippen LogP) is 10.2. The molecule has 4 aliphatic rings. The first kappa shape index (κ1) is 28.8. The molecule has 2 atom stereocenters. The van der Waals surface area contributed by atoms with Crippen molar-refractivity contribution in [3.05, 3.63) is 144 Å². The first-order valence-corrected chi connectivity index (χ1v) is 18.4. The molecule has 6 aromatic rings. The highest BCUT2D eigenvalue weighted by molar-refractivity contribution is 7.19. The van der Waals surface area contributed by atoms with E-state index in [1.807, 2.05) is 0 Å². The number of fused-ring (bicyclic) bond motifs is 2. The van der Waals surface area contributed by atoms with Gasteiger partial charge in [-0.3, -0.25) is 9.97 Å². The molecule has 4 aromatic carbocycles. The van der Waals surface area contributed by atoms with Gasteiger partial charge < -0.3 is 0 Å². The van der Waals surface area contributed by atoms with Crippen molar-refractivity contribution in [2.45, 2.75) is 42.7 Å². The summed E-state index contributed by atoms with van der Waals surface area (Å²) in [5, 5.41) is 1.66. The highest BCUT2D eigenvalue weighted by Gasteiger charge is 2.58. The van der Waals surface area contributed by atoms with Crippen LogP contribution < -0.4 is 0 Å². The molecule has 4 saturated carbocycles. The van der Waals surface area contributed by atoms with Gasteiger partial charge in [0.2, 0.25) is 0 Å². The van der Waals surface area contributed by atoms with E-state index < -0.39 is 5.16 Å². The standard InChI is InChI=1S/C42H40N2P2/c45-26-41(33-21-27-20-28(23-33)24-34(41)22-27)35-17-14-32(29-8-2-1-3-9-29)25-36(35)42(46,39-18-15-30-10-4-6-12-37(30)43-39)40-19-16-31-11-5-7-13-38(31)44-40/h1-19,25,27-28,33-34H,20-24,26,45-46H2. The molecule has 0 radical (unpaired) electrons. The normalized spacial score (nSPS) is 25.3. The van der Waals surface area contributed by atoms with Crippen molar-refractivity contribution in [2.75, 3.05) is 6.16 Å². The molecule has 0 aliphatic heterocycles. The van der Waals surface area contributed by atoms with Gasteiger partial charge >= 0.3 is 0 Å². The second-order valence-electron chi connectivity index (χ2n) is 14.3. The Hall–Kier alpha value is -3.44. The molecule has 0 spiro atoms. The Bertz CT molecular complexity index is 1980.